The summed E-state index contributed by atoms with van der Waals surface area (Å²) in [7, 11) is 0. The molecular weight excluding hydrogens is 282 g/mol. The molecule has 1 aliphatic carbocycles. The summed E-state index contributed by atoms with van der Waals surface area (Å²) in [5.74, 6) is -0.687. The molecule has 22 heavy (non-hydrogen) atoms. The van der Waals surface area contributed by atoms with Crippen LogP contribution in [0.3, 0.4) is 0 Å². The zero-order valence-electron chi connectivity index (χ0n) is 12.3. The summed E-state index contributed by atoms with van der Waals surface area (Å²) in [6.45, 7) is 0.168. The van der Waals surface area contributed by atoms with Crippen molar-refractivity contribution in [2.24, 2.45) is 11.8 Å². The molecule has 6 nitrogen and oxygen atoms in total. The largest absolute Gasteiger partial charge is 0.326 e. The van der Waals surface area contributed by atoms with E-state index in [1.165, 1.54) is 4.90 Å². The smallest absolute Gasteiger partial charge is 0.233 e. The number of nitrogens with zero attached hydrogens (tertiary/aromatic N) is 2. The number of pyridine rings is 1. The van der Waals surface area contributed by atoms with E-state index in [0.29, 0.717) is 5.69 Å². The van der Waals surface area contributed by atoms with E-state index in [1.54, 1.807) is 24.5 Å². The van der Waals surface area contributed by atoms with Crippen molar-refractivity contribution < 1.29 is 14.4 Å². The van der Waals surface area contributed by atoms with Crippen molar-refractivity contribution in [2.75, 3.05) is 11.9 Å². The molecule has 6 heteroatoms. The Hall–Kier alpha value is -2.24. The Bertz CT molecular complexity index is 564. The van der Waals surface area contributed by atoms with E-state index in [4.69, 9.17) is 0 Å². The van der Waals surface area contributed by atoms with Gasteiger partial charge in [-0.2, -0.15) is 0 Å². The average Bonchev–Trinajstić information content (AvgIpc) is 2.78. The first-order valence-electron chi connectivity index (χ1n) is 7.72. The molecule has 2 atom stereocenters. The van der Waals surface area contributed by atoms with E-state index in [9.17, 15) is 14.4 Å². The van der Waals surface area contributed by atoms with Crippen LogP contribution in [0, 0.1) is 11.8 Å². The van der Waals surface area contributed by atoms with Crippen LogP contribution in [-0.4, -0.2) is 34.2 Å². The Morgan fingerprint density at radius 2 is 1.73 bits per heavy atom. The van der Waals surface area contributed by atoms with Gasteiger partial charge < -0.3 is 5.32 Å². The van der Waals surface area contributed by atoms with E-state index in [0.717, 1.165) is 25.7 Å². The maximum absolute atomic E-state index is 12.3. The van der Waals surface area contributed by atoms with Crippen LogP contribution in [0.25, 0.3) is 0 Å². The third-order valence-electron chi connectivity index (χ3n) is 4.46. The van der Waals surface area contributed by atoms with E-state index in [2.05, 4.69) is 10.3 Å². The van der Waals surface area contributed by atoms with Gasteiger partial charge in [-0.1, -0.05) is 12.8 Å². The highest BCUT2D eigenvalue weighted by molar-refractivity contribution is 6.05. The van der Waals surface area contributed by atoms with Crippen LogP contribution >= 0.6 is 0 Å². The number of amides is 3. The maximum Gasteiger partial charge on any atom is 0.233 e. The number of rotatable bonds is 4. The first-order chi connectivity index (χ1) is 10.7. The van der Waals surface area contributed by atoms with Gasteiger partial charge in [-0.05, 0) is 25.0 Å². The molecule has 1 N–H and O–H groups in total. The highest BCUT2D eigenvalue weighted by atomic mass is 16.2. The van der Waals surface area contributed by atoms with Gasteiger partial charge in [0.15, 0.2) is 0 Å². The fourth-order valence-corrected chi connectivity index (χ4v) is 3.32. The summed E-state index contributed by atoms with van der Waals surface area (Å²) in [4.78, 5) is 41.6. The number of imide groups is 1. The van der Waals surface area contributed by atoms with Gasteiger partial charge in [0.25, 0.3) is 0 Å². The summed E-state index contributed by atoms with van der Waals surface area (Å²) < 4.78 is 0. The quantitative estimate of drug-likeness (QED) is 0.856. The molecule has 0 spiro atoms. The fourth-order valence-electron chi connectivity index (χ4n) is 3.32. The lowest BCUT2D eigenvalue weighted by Crippen LogP contribution is -2.34. The maximum atomic E-state index is 12.3. The van der Waals surface area contributed by atoms with Crippen LogP contribution in [0.2, 0.25) is 0 Å². The first kappa shape index (κ1) is 14.7. The molecule has 0 radical (unpaired) electrons. The summed E-state index contributed by atoms with van der Waals surface area (Å²) in [5, 5.41) is 2.73. The third-order valence-corrected chi connectivity index (χ3v) is 4.46. The molecule has 1 saturated carbocycles. The Labute approximate surface area is 128 Å². The van der Waals surface area contributed by atoms with Crippen molar-refractivity contribution in [3.63, 3.8) is 0 Å². The molecule has 2 heterocycles. The number of fused-ring (bicyclic) bond motifs is 1. The molecule has 1 aromatic heterocycles. The molecule has 0 unspecified atom stereocenters. The minimum Gasteiger partial charge on any atom is -0.326 e. The summed E-state index contributed by atoms with van der Waals surface area (Å²) >= 11 is 0. The first-order valence-corrected chi connectivity index (χ1v) is 7.72. The number of carbonyl (C=O) groups is 3. The number of aromatic nitrogens is 1. The topological polar surface area (TPSA) is 79.4 Å². The standard InChI is InChI=1S/C16H19N3O3/c20-14(18-11-5-8-17-9-6-11)7-10-19-15(21)12-3-1-2-4-13(12)16(19)22/h5-6,8-9,12-13H,1-4,7,10H2,(H,17,18,20)/t12-,13+. The highest BCUT2D eigenvalue weighted by Crippen LogP contribution is 2.37. The molecule has 0 aromatic carbocycles. The van der Waals surface area contributed by atoms with E-state index in [1.807, 2.05) is 0 Å². The second-order valence-electron chi connectivity index (χ2n) is 5.86. The molecule has 1 saturated heterocycles. The molecular formula is C16H19N3O3. The lowest BCUT2D eigenvalue weighted by Gasteiger charge is -2.19. The number of nitrogens with one attached hydrogen (secondary N) is 1. The van der Waals surface area contributed by atoms with Crippen LogP contribution in [0.1, 0.15) is 32.1 Å². The number of carbonyl (C=O) groups excluding carboxylic acids is 3. The molecule has 2 aliphatic rings. The minimum atomic E-state index is -0.207. The second-order valence-corrected chi connectivity index (χ2v) is 5.86. The van der Waals surface area contributed by atoms with Gasteiger partial charge >= 0.3 is 0 Å². The van der Waals surface area contributed by atoms with E-state index >= 15 is 0 Å². The summed E-state index contributed by atoms with van der Waals surface area (Å²) in [6, 6.07) is 3.39. The molecule has 0 bridgehead atoms. The van der Waals surface area contributed by atoms with Crippen molar-refractivity contribution in [2.45, 2.75) is 32.1 Å². The zero-order valence-corrected chi connectivity index (χ0v) is 12.3. The van der Waals surface area contributed by atoms with Gasteiger partial charge in [-0.15, -0.1) is 0 Å². The average molecular weight is 301 g/mol. The molecule has 3 rings (SSSR count). The zero-order chi connectivity index (χ0) is 15.5. The normalized spacial score (nSPS) is 24.3. The Morgan fingerprint density at radius 3 is 2.32 bits per heavy atom. The van der Waals surface area contributed by atoms with Gasteiger partial charge in [-0.25, -0.2) is 0 Å². The monoisotopic (exact) mass is 301 g/mol. The Morgan fingerprint density at radius 1 is 1.14 bits per heavy atom. The highest BCUT2D eigenvalue weighted by Gasteiger charge is 2.47. The molecule has 3 amide bonds. The Kier molecular flexibility index (Phi) is 4.18. The molecule has 2 fully saturated rings. The van der Waals surface area contributed by atoms with Crippen LogP contribution in [0.15, 0.2) is 24.5 Å². The third kappa shape index (κ3) is 2.86. The van der Waals surface area contributed by atoms with Crippen LogP contribution in [0.4, 0.5) is 5.69 Å². The van der Waals surface area contributed by atoms with E-state index < -0.39 is 0 Å². The molecule has 1 aromatic rings. The van der Waals surface area contributed by atoms with Crippen molar-refractivity contribution >= 4 is 23.4 Å². The van der Waals surface area contributed by atoms with Crippen molar-refractivity contribution in [1.29, 1.82) is 0 Å². The van der Waals surface area contributed by atoms with Crippen LogP contribution < -0.4 is 5.32 Å². The number of hydrogen-bond acceptors (Lipinski definition) is 4. The minimum absolute atomic E-state index is 0.0913. The van der Waals surface area contributed by atoms with Gasteiger partial charge in [0.2, 0.25) is 17.7 Å². The molecule has 116 valence electrons. The van der Waals surface area contributed by atoms with Crippen LogP contribution in [-0.2, 0) is 14.4 Å². The number of likely N-dealkylation sites (tertiary alicyclic amines) is 1. The summed E-state index contributed by atoms with van der Waals surface area (Å²) in [5.41, 5.74) is 0.660. The second kappa shape index (κ2) is 6.25. The predicted molar refractivity (Wildman–Crippen MR) is 79.7 cm³/mol. The van der Waals surface area contributed by atoms with E-state index in [-0.39, 0.29) is 42.5 Å². The summed E-state index contributed by atoms with van der Waals surface area (Å²) in [6.07, 6.45) is 6.93. The van der Waals surface area contributed by atoms with Crippen LogP contribution in [0.5, 0.6) is 0 Å². The van der Waals surface area contributed by atoms with Gasteiger partial charge in [0.1, 0.15) is 0 Å². The fraction of sp³-hybridized carbons (Fsp3) is 0.500. The predicted octanol–water partition coefficient (Wildman–Crippen LogP) is 1.59. The van der Waals surface area contributed by atoms with Gasteiger partial charge in [-0.3, -0.25) is 24.3 Å². The van der Waals surface area contributed by atoms with Crippen molar-refractivity contribution in [3.8, 4) is 0 Å². The van der Waals surface area contributed by atoms with Gasteiger partial charge in [0.05, 0.1) is 11.8 Å². The number of hydrogen-bond donors (Lipinski definition) is 1. The lowest BCUT2D eigenvalue weighted by molar-refractivity contribution is -0.140. The lowest BCUT2D eigenvalue weighted by atomic mass is 9.81. The Balaban J connectivity index is 1.56. The van der Waals surface area contributed by atoms with Gasteiger partial charge in [0, 0.05) is 31.0 Å². The number of anilines is 1. The SMILES string of the molecule is O=C(CCN1C(=O)[C@H]2CCCC[C@H]2C1=O)Nc1ccncc1. The molecule has 1 aliphatic heterocycles. The van der Waals surface area contributed by atoms with Crippen molar-refractivity contribution in [1.82, 2.24) is 9.88 Å². The van der Waals surface area contributed by atoms with Crippen molar-refractivity contribution in [3.05, 3.63) is 24.5 Å².